The highest BCUT2D eigenvalue weighted by molar-refractivity contribution is 7.99. The van der Waals surface area contributed by atoms with Gasteiger partial charge < -0.3 is 5.32 Å². The normalized spacial score (nSPS) is 11.9. The fourth-order valence-corrected chi connectivity index (χ4v) is 3.11. The molecule has 26 heavy (non-hydrogen) atoms. The SMILES string of the molecule is C[C@@H](CNC(=O)CSc1nnnn1-c1cccc(F)c1)c1ccccc1. The third-order valence-electron chi connectivity index (χ3n) is 3.80. The summed E-state index contributed by atoms with van der Waals surface area (Å²) in [6, 6.07) is 16.0. The van der Waals surface area contributed by atoms with E-state index < -0.39 is 0 Å². The minimum atomic E-state index is -0.374. The van der Waals surface area contributed by atoms with Crippen LogP contribution in [0, 0.1) is 5.82 Å². The number of benzene rings is 2. The first-order valence-corrected chi connectivity index (χ1v) is 9.11. The van der Waals surface area contributed by atoms with E-state index in [0.717, 1.165) is 0 Å². The van der Waals surface area contributed by atoms with E-state index in [2.05, 4.69) is 27.8 Å². The number of carbonyl (C=O) groups is 1. The first kappa shape index (κ1) is 18.1. The quantitative estimate of drug-likeness (QED) is 0.647. The number of carbonyl (C=O) groups excluding carboxylic acids is 1. The maximum atomic E-state index is 13.4. The van der Waals surface area contributed by atoms with E-state index in [1.165, 1.54) is 34.1 Å². The zero-order valence-electron chi connectivity index (χ0n) is 14.2. The number of halogens is 1. The van der Waals surface area contributed by atoms with Crippen LogP contribution < -0.4 is 5.32 Å². The molecule has 1 atom stereocenters. The summed E-state index contributed by atoms with van der Waals surface area (Å²) in [6.45, 7) is 2.62. The van der Waals surface area contributed by atoms with Crippen molar-refractivity contribution in [2.45, 2.75) is 18.0 Å². The van der Waals surface area contributed by atoms with Crippen LogP contribution in [0.25, 0.3) is 5.69 Å². The van der Waals surface area contributed by atoms with Crippen molar-refractivity contribution in [1.82, 2.24) is 25.5 Å². The van der Waals surface area contributed by atoms with Crippen molar-refractivity contribution in [1.29, 1.82) is 0 Å². The lowest BCUT2D eigenvalue weighted by molar-refractivity contribution is -0.118. The van der Waals surface area contributed by atoms with Gasteiger partial charge in [-0.2, -0.15) is 4.68 Å². The van der Waals surface area contributed by atoms with Crippen LogP contribution >= 0.6 is 11.8 Å². The average Bonchev–Trinajstić information content (AvgIpc) is 3.14. The van der Waals surface area contributed by atoms with E-state index in [4.69, 9.17) is 0 Å². The number of aromatic nitrogens is 4. The first-order chi connectivity index (χ1) is 12.6. The van der Waals surface area contributed by atoms with Crippen LogP contribution in [0.4, 0.5) is 4.39 Å². The second-order valence-electron chi connectivity index (χ2n) is 5.76. The molecule has 1 aromatic heterocycles. The van der Waals surface area contributed by atoms with Crippen molar-refractivity contribution in [3.63, 3.8) is 0 Å². The molecule has 0 radical (unpaired) electrons. The van der Waals surface area contributed by atoms with E-state index in [1.54, 1.807) is 12.1 Å². The van der Waals surface area contributed by atoms with Gasteiger partial charge in [0.25, 0.3) is 0 Å². The number of amides is 1. The Labute approximate surface area is 154 Å². The predicted molar refractivity (Wildman–Crippen MR) is 97.7 cm³/mol. The molecule has 134 valence electrons. The Balaban J connectivity index is 1.53. The van der Waals surface area contributed by atoms with Gasteiger partial charge in [0.15, 0.2) is 0 Å². The van der Waals surface area contributed by atoms with E-state index in [1.807, 2.05) is 30.3 Å². The summed E-state index contributed by atoms with van der Waals surface area (Å²) >= 11 is 1.20. The Hall–Kier alpha value is -2.74. The predicted octanol–water partition coefficient (Wildman–Crippen LogP) is 2.81. The molecule has 0 fully saturated rings. The molecule has 6 nitrogen and oxygen atoms in total. The molecule has 3 rings (SSSR count). The van der Waals surface area contributed by atoms with Gasteiger partial charge in [0, 0.05) is 6.54 Å². The van der Waals surface area contributed by atoms with Crippen LogP contribution in [-0.4, -0.2) is 38.4 Å². The van der Waals surface area contributed by atoms with Crippen LogP contribution in [0.2, 0.25) is 0 Å². The number of nitrogens with one attached hydrogen (secondary N) is 1. The van der Waals surface area contributed by atoms with Crippen LogP contribution in [0.3, 0.4) is 0 Å². The molecule has 0 saturated carbocycles. The fourth-order valence-electron chi connectivity index (χ4n) is 2.39. The lowest BCUT2D eigenvalue weighted by atomic mass is 10.0. The second kappa shape index (κ2) is 8.57. The van der Waals surface area contributed by atoms with Gasteiger partial charge in [-0.05, 0) is 40.1 Å². The Kier molecular flexibility index (Phi) is 5.96. The van der Waals surface area contributed by atoms with E-state index in [9.17, 15) is 9.18 Å². The molecule has 8 heteroatoms. The molecule has 0 bridgehead atoms. The Morgan fingerprint density at radius 2 is 2.04 bits per heavy atom. The molecule has 0 saturated heterocycles. The van der Waals surface area contributed by atoms with Gasteiger partial charge >= 0.3 is 0 Å². The van der Waals surface area contributed by atoms with Crippen molar-refractivity contribution in [3.05, 3.63) is 66.0 Å². The van der Waals surface area contributed by atoms with Gasteiger partial charge in [0.2, 0.25) is 11.1 Å². The van der Waals surface area contributed by atoms with Crippen molar-refractivity contribution in [2.75, 3.05) is 12.3 Å². The molecule has 0 aliphatic heterocycles. The summed E-state index contributed by atoms with van der Waals surface area (Å²) in [5.41, 5.74) is 1.69. The third kappa shape index (κ3) is 4.66. The number of hydrogen-bond donors (Lipinski definition) is 1. The van der Waals surface area contributed by atoms with Crippen molar-refractivity contribution in [2.24, 2.45) is 0 Å². The van der Waals surface area contributed by atoms with E-state index >= 15 is 0 Å². The average molecular weight is 371 g/mol. The molecule has 1 heterocycles. The van der Waals surface area contributed by atoms with Crippen LogP contribution in [0.15, 0.2) is 59.8 Å². The van der Waals surface area contributed by atoms with Crippen LogP contribution in [-0.2, 0) is 4.79 Å². The van der Waals surface area contributed by atoms with Crippen molar-refractivity contribution in [3.8, 4) is 5.69 Å². The molecule has 0 aliphatic rings. The summed E-state index contributed by atoms with van der Waals surface area (Å²) < 4.78 is 14.8. The van der Waals surface area contributed by atoms with Gasteiger partial charge in [0.1, 0.15) is 5.82 Å². The summed E-state index contributed by atoms with van der Waals surface area (Å²) in [6.07, 6.45) is 0. The summed E-state index contributed by atoms with van der Waals surface area (Å²) in [5, 5.41) is 14.7. The molecule has 0 unspecified atom stereocenters. The monoisotopic (exact) mass is 371 g/mol. The molecule has 1 amide bonds. The largest absolute Gasteiger partial charge is 0.355 e. The maximum absolute atomic E-state index is 13.4. The molecule has 1 N–H and O–H groups in total. The molecule has 3 aromatic rings. The number of nitrogens with zero attached hydrogens (tertiary/aromatic N) is 4. The Morgan fingerprint density at radius 3 is 2.81 bits per heavy atom. The zero-order chi connectivity index (χ0) is 18.4. The molecule has 0 spiro atoms. The van der Waals surface area contributed by atoms with Gasteiger partial charge in [-0.25, -0.2) is 4.39 Å². The van der Waals surface area contributed by atoms with Gasteiger partial charge in [-0.15, -0.1) is 5.10 Å². The first-order valence-electron chi connectivity index (χ1n) is 8.12. The number of hydrogen-bond acceptors (Lipinski definition) is 5. The lowest BCUT2D eigenvalue weighted by Crippen LogP contribution is -2.29. The molecule has 0 aliphatic carbocycles. The smallest absolute Gasteiger partial charge is 0.230 e. The fraction of sp³-hybridized carbons (Fsp3) is 0.222. The van der Waals surface area contributed by atoms with Gasteiger partial charge in [0.05, 0.1) is 11.4 Å². The van der Waals surface area contributed by atoms with E-state index in [0.29, 0.717) is 17.4 Å². The Morgan fingerprint density at radius 1 is 1.23 bits per heavy atom. The molecular weight excluding hydrogens is 353 g/mol. The van der Waals surface area contributed by atoms with Crippen molar-refractivity contribution >= 4 is 17.7 Å². The van der Waals surface area contributed by atoms with Crippen molar-refractivity contribution < 1.29 is 9.18 Å². The second-order valence-corrected chi connectivity index (χ2v) is 6.70. The number of rotatable bonds is 7. The zero-order valence-corrected chi connectivity index (χ0v) is 15.0. The number of thioether (sulfide) groups is 1. The maximum Gasteiger partial charge on any atom is 0.230 e. The Bertz CT molecular complexity index is 871. The highest BCUT2D eigenvalue weighted by Gasteiger charge is 2.13. The summed E-state index contributed by atoms with van der Waals surface area (Å²) in [7, 11) is 0. The molecule has 2 aromatic carbocycles. The highest BCUT2D eigenvalue weighted by atomic mass is 32.2. The minimum Gasteiger partial charge on any atom is -0.355 e. The summed E-state index contributed by atoms with van der Waals surface area (Å²) in [5.74, 6) is -0.0760. The highest BCUT2D eigenvalue weighted by Crippen LogP contribution is 2.18. The third-order valence-corrected chi connectivity index (χ3v) is 4.72. The van der Waals surface area contributed by atoms with Crippen LogP contribution in [0.1, 0.15) is 18.4 Å². The van der Waals surface area contributed by atoms with Gasteiger partial charge in [-0.1, -0.05) is 55.1 Å². The van der Waals surface area contributed by atoms with Crippen LogP contribution in [0.5, 0.6) is 0 Å². The van der Waals surface area contributed by atoms with E-state index in [-0.39, 0.29) is 23.4 Å². The minimum absolute atomic E-state index is 0.105. The standard InChI is InChI=1S/C18H18FN5OS/c1-13(14-6-3-2-4-7-14)11-20-17(25)12-26-18-21-22-23-24(18)16-9-5-8-15(19)10-16/h2-10,13H,11-12H2,1H3,(H,20,25)/t13-/m0/s1. The summed E-state index contributed by atoms with van der Waals surface area (Å²) in [4.78, 5) is 12.1. The molecular formula is C18H18FN5OS. The van der Waals surface area contributed by atoms with Gasteiger partial charge in [-0.3, -0.25) is 4.79 Å². The lowest BCUT2D eigenvalue weighted by Gasteiger charge is -2.12. The topological polar surface area (TPSA) is 72.7 Å². The number of tetrazole rings is 1.